The molecule has 0 radical (unpaired) electrons. The molecule has 1 aromatic heterocycles. The van der Waals surface area contributed by atoms with Crippen molar-refractivity contribution in [1.82, 2.24) is 4.72 Å². The van der Waals surface area contributed by atoms with Gasteiger partial charge in [0.25, 0.3) is 10.0 Å². The highest BCUT2D eigenvalue weighted by Crippen LogP contribution is 2.27. The monoisotopic (exact) mass is 408 g/mol. The standard InChI is InChI=1S/C18H17ClN2O5S/c1-21(2)12-5-4-11-8-16(26-15(11)9-12)18(22)20-27(23,24)17-10-13(25-3)6-7-14(17)19/h4-10H,1-3H3,(H,20,22). The summed E-state index contributed by atoms with van der Waals surface area (Å²) in [6.07, 6.45) is 0. The van der Waals surface area contributed by atoms with Crippen LogP contribution in [0.25, 0.3) is 11.0 Å². The van der Waals surface area contributed by atoms with Gasteiger partial charge >= 0.3 is 5.91 Å². The summed E-state index contributed by atoms with van der Waals surface area (Å²) < 4.78 is 37.6. The van der Waals surface area contributed by atoms with Crippen molar-refractivity contribution in [2.24, 2.45) is 0 Å². The van der Waals surface area contributed by atoms with Gasteiger partial charge in [0.15, 0.2) is 5.76 Å². The normalized spacial score (nSPS) is 11.4. The molecule has 0 bridgehead atoms. The third-order valence-electron chi connectivity index (χ3n) is 3.90. The van der Waals surface area contributed by atoms with Crippen molar-refractivity contribution < 1.29 is 22.4 Å². The van der Waals surface area contributed by atoms with Crippen LogP contribution in [0.5, 0.6) is 5.75 Å². The van der Waals surface area contributed by atoms with Gasteiger partial charge in [0, 0.05) is 37.3 Å². The Morgan fingerprint density at radius 3 is 2.56 bits per heavy atom. The van der Waals surface area contributed by atoms with Gasteiger partial charge in [0.1, 0.15) is 16.2 Å². The van der Waals surface area contributed by atoms with Gasteiger partial charge in [-0.05, 0) is 30.3 Å². The number of halogens is 1. The molecule has 0 aliphatic carbocycles. The molecular weight excluding hydrogens is 392 g/mol. The lowest BCUT2D eigenvalue weighted by molar-refractivity contribution is 0.0956. The third kappa shape index (κ3) is 3.86. The molecule has 0 fully saturated rings. The highest BCUT2D eigenvalue weighted by atomic mass is 35.5. The highest BCUT2D eigenvalue weighted by Gasteiger charge is 2.24. The first-order valence-corrected chi connectivity index (χ1v) is 9.69. The number of hydrogen-bond acceptors (Lipinski definition) is 6. The van der Waals surface area contributed by atoms with Crippen molar-refractivity contribution in [3.63, 3.8) is 0 Å². The van der Waals surface area contributed by atoms with Gasteiger partial charge in [-0.1, -0.05) is 11.6 Å². The Hall–Kier alpha value is -2.71. The number of methoxy groups -OCH3 is 1. The predicted molar refractivity (Wildman–Crippen MR) is 103 cm³/mol. The van der Waals surface area contributed by atoms with E-state index < -0.39 is 15.9 Å². The molecule has 1 N–H and O–H groups in total. The van der Waals surface area contributed by atoms with E-state index in [4.69, 9.17) is 20.8 Å². The summed E-state index contributed by atoms with van der Waals surface area (Å²) in [6, 6.07) is 11.0. The number of ether oxygens (including phenoxy) is 1. The fourth-order valence-electron chi connectivity index (χ4n) is 2.45. The summed E-state index contributed by atoms with van der Waals surface area (Å²) in [4.78, 5) is 14.0. The second kappa shape index (κ2) is 7.13. The zero-order chi connectivity index (χ0) is 19.8. The Morgan fingerprint density at radius 1 is 1.15 bits per heavy atom. The van der Waals surface area contributed by atoms with Crippen LogP contribution in [0, 0.1) is 0 Å². The van der Waals surface area contributed by atoms with Crippen LogP contribution in [0.3, 0.4) is 0 Å². The first-order valence-electron chi connectivity index (χ1n) is 7.83. The smallest absolute Gasteiger partial charge is 0.300 e. The minimum atomic E-state index is -4.21. The number of anilines is 1. The number of hydrogen-bond donors (Lipinski definition) is 1. The van der Waals surface area contributed by atoms with Crippen LogP contribution in [0.4, 0.5) is 5.69 Å². The maximum absolute atomic E-state index is 12.5. The van der Waals surface area contributed by atoms with Crippen LogP contribution in [-0.2, 0) is 10.0 Å². The van der Waals surface area contributed by atoms with Crippen molar-refractivity contribution in [1.29, 1.82) is 0 Å². The lowest BCUT2D eigenvalue weighted by Crippen LogP contribution is -2.30. The van der Waals surface area contributed by atoms with E-state index in [0.29, 0.717) is 16.7 Å². The minimum absolute atomic E-state index is 0.0312. The zero-order valence-corrected chi connectivity index (χ0v) is 16.4. The van der Waals surface area contributed by atoms with Gasteiger partial charge in [-0.2, -0.15) is 0 Å². The van der Waals surface area contributed by atoms with Crippen molar-refractivity contribution >= 4 is 44.2 Å². The predicted octanol–water partition coefficient (Wildman–Crippen LogP) is 3.28. The van der Waals surface area contributed by atoms with E-state index >= 15 is 0 Å². The van der Waals surface area contributed by atoms with E-state index in [0.717, 1.165) is 5.69 Å². The molecule has 3 aromatic rings. The van der Waals surface area contributed by atoms with E-state index in [1.54, 1.807) is 12.1 Å². The molecule has 0 saturated carbocycles. The summed E-state index contributed by atoms with van der Waals surface area (Å²) in [6.45, 7) is 0. The quantitative estimate of drug-likeness (QED) is 0.696. The molecule has 0 aliphatic heterocycles. The molecule has 9 heteroatoms. The zero-order valence-electron chi connectivity index (χ0n) is 14.8. The lowest BCUT2D eigenvalue weighted by Gasteiger charge is -2.11. The number of rotatable bonds is 5. The molecule has 27 heavy (non-hydrogen) atoms. The average molecular weight is 409 g/mol. The summed E-state index contributed by atoms with van der Waals surface area (Å²) in [7, 11) is 0.942. The Balaban J connectivity index is 1.91. The molecule has 142 valence electrons. The second-order valence-electron chi connectivity index (χ2n) is 5.96. The van der Waals surface area contributed by atoms with E-state index in [2.05, 4.69) is 0 Å². The van der Waals surface area contributed by atoms with Crippen molar-refractivity contribution in [3.8, 4) is 5.75 Å². The number of carbonyl (C=O) groups excluding carboxylic acids is 1. The Kier molecular flexibility index (Phi) is 5.03. The topological polar surface area (TPSA) is 88.8 Å². The number of carbonyl (C=O) groups is 1. The van der Waals surface area contributed by atoms with Crippen molar-refractivity contribution in [3.05, 3.63) is 53.2 Å². The molecule has 2 aromatic carbocycles. The number of fused-ring (bicyclic) bond motifs is 1. The molecule has 1 heterocycles. The van der Waals surface area contributed by atoms with Gasteiger partial charge in [0.05, 0.1) is 12.1 Å². The molecule has 0 unspecified atom stereocenters. The minimum Gasteiger partial charge on any atom is -0.497 e. The fourth-order valence-corrected chi connectivity index (χ4v) is 3.93. The molecule has 7 nitrogen and oxygen atoms in total. The lowest BCUT2D eigenvalue weighted by atomic mass is 10.2. The maximum atomic E-state index is 12.5. The fraction of sp³-hybridized carbons (Fsp3) is 0.167. The number of sulfonamides is 1. The molecule has 1 amide bonds. The summed E-state index contributed by atoms with van der Waals surface area (Å²) in [5.74, 6) is -0.716. The molecule has 0 aliphatic rings. The van der Waals surface area contributed by atoms with Crippen molar-refractivity contribution in [2.75, 3.05) is 26.1 Å². The SMILES string of the molecule is COc1ccc(Cl)c(S(=O)(=O)NC(=O)c2cc3ccc(N(C)C)cc3o2)c1. The third-order valence-corrected chi connectivity index (χ3v) is 5.71. The number of nitrogens with zero attached hydrogens (tertiary/aromatic N) is 1. The van der Waals surface area contributed by atoms with Crippen LogP contribution in [-0.4, -0.2) is 35.5 Å². The van der Waals surface area contributed by atoms with Gasteiger partial charge in [-0.15, -0.1) is 0 Å². The largest absolute Gasteiger partial charge is 0.497 e. The summed E-state index contributed by atoms with van der Waals surface area (Å²) >= 11 is 5.96. The van der Waals surface area contributed by atoms with E-state index in [1.165, 1.54) is 31.4 Å². The number of nitrogens with one attached hydrogen (secondary N) is 1. The Bertz CT molecular complexity index is 1120. The van der Waals surface area contributed by atoms with Crippen LogP contribution < -0.4 is 14.4 Å². The maximum Gasteiger partial charge on any atom is 0.300 e. The van der Waals surface area contributed by atoms with Gasteiger partial charge < -0.3 is 14.1 Å². The number of furan rings is 1. The van der Waals surface area contributed by atoms with Gasteiger partial charge in [0.2, 0.25) is 0 Å². The molecule has 0 spiro atoms. The van der Waals surface area contributed by atoms with Crippen LogP contribution >= 0.6 is 11.6 Å². The number of amides is 1. The Labute approximate surface area is 161 Å². The van der Waals surface area contributed by atoms with E-state index in [1.807, 2.05) is 29.8 Å². The molecule has 0 saturated heterocycles. The van der Waals surface area contributed by atoms with Gasteiger partial charge in [-0.25, -0.2) is 13.1 Å². The molecule has 0 atom stereocenters. The van der Waals surface area contributed by atoms with Crippen molar-refractivity contribution in [2.45, 2.75) is 4.90 Å². The van der Waals surface area contributed by atoms with E-state index in [9.17, 15) is 13.2 Å². The first kappa shape index (κ1) is 19.1. The Morgan fingerprint density at radius 2 is 1.89 bits per heavy atom. The second-order valence-corrected chi connectivity index (χ2v) is 8.02. The first-order chi connectivity index (χ1) is 12.7. The van der Waals surface area contributed by atoms with E-state index in [-0.39, 0.29) is 15.7 Å². The van der Waals surface area contributed by atoms with Crippen LogP contribution in [0.1, 0.15) is 10.6 Å². The average Bonchev–Trinajstić information content (AvgIpc) is 3.05. The molecular formula is C18H17ClN2O5S. The highest BCUT2D eigenvalue weighted by molar-refractivity contribution is 7.90. The summed E-state index contributed by atoms with van der Waals surface area (Å²) in [5, 5.41) is 0.652. The van der Waals surface area contributed by atoms with Gasteiger partial charge in [-0.3, -0.25) is 4.79 Å². The number of benzene rings is 2. The van der Waals surface area contributed by atoms with Crippen LogP contribution in [0.2, 0.25) is 5.02 Å². The summed E-state index contributed by atoms with van der Waals surface area (Å²) in [5.41, 5.74) is 1.36. The molecule has 3 rings (SSSR count). The van der Waals surface area contributed by atoms with Crippen LogP contribution in [0.15, 0.2) is 51.8 Å².